The van der Waals surface area contributed by atoms with Gasteiger partial charge in [0.25, 0.3) is 0 Å². The molecule has 0 heterocycles. The second-order valence-corrected chi connectivity index (χ2v) is 1.98. The van der Waals surface area contributed by atoms with E-state index in [1.54, 1.807) is 0 Å². The maximum absolute atomic E-state index is 10.1. The van der Waals surface area contributed by atoms with Crippen LogP contribution in [0.3, 0.4) is 0 Å². The van der Waals surface area contributed by atoms with E-state index in [9.17, 15) is 4.79 Å². The van der Waals surface area contributed by atoms with Gasteiger partial charge in [0.2, 0.25) is 0 Å². The van der Waals surface area contributed by atoms with Crippen LogP contribution in [0.15, 0.2) is 23.8 Å². The summed E-state index contributed by atoms with van der Waals surface area (Å²) in [6.07, 6.45) is 6.72. The van der Waals surface area contributed by atoms with Crippen molar-refractivity contribution in [3.63, 3.8) is 0 Å². The summed E-state index contributed by atoms with van der Waals surface area (Å²) in [4.78, 5) is 10.1. The zero-order valence-corrected chi connectivity index (χ0v) is 4.79. The van der Waals surface area contributed by atoms with Crippen molar-refractivity contribution < 1.29 is 4.79 Å². The topological polar surface area (TPSA) is 17.1 Å². The molecule has 1 heteroatoms. The maximum Gasteiger partial charge on any atom is 0.130 e. The number of carbonyl (C=O) groups excluding carboxylic acids is 1. The van der Waals surface area contributed by atoms with Gasteiger partial charge in [-0.3, -0.25) is 0 Å². The molecule has 0 aliphatic heterocycles. The van der Waals surface area contributed by atoms with Crippen LogP contribution in [0.5, 0.6) is 0 Å². The van der Waals surface area contributed by atoms with Crippen LogP contribution >= 0.6 is 0 Å². The lowest BCUT2D eigenvalue weighted by atomic mass is 10.2. The van der Waals surface area contributed by atoms with Gasteiger partial charge in [0.15, 0.2) is 0 Å². The average molecular weight is 108 g/mol. The first-order valence-corrected chi connectivity index (χ1v) is 2.65. The first kappa shape index (κ1) is 5.29. The van der Waals surface area contributed by atoms with Gasteiger partial charge in [-0.25, -0.2) is 0 Å². The van der Waals surface area contributed by atoms with Crippen molar-refractivity contribution in [2.45, 2.75) is 6.92 Å². The van der Waals surface area contributed by atoms with E-state index in [-0.39, 0.29) is 5.92 Å². The van der Waals surface area contributed by atoms with Gasteiger partial charge in [-0.15, -0.1) is 0 Å². The van der Waals surface area contributed by atoms with Crippen molar-refractivity contribution in [1.29, 1.82) is 0 Å². The number of rotatable bonds is 1. The quantitative estimate of drug-likeness (QED) is 0.463. The molecule has 1 aliphatic carbocycles. The summed E-state index contributed by atoms with van der Waals surface area (Å²) in [6, 6.07) is 0. The standard InChI is InChI=1S/C7H8O/c1-6-2-3-7(4-6)5-8/h2-5,7H,1H3. The molecule has 1 unspecified atom stereocenters. The molecule has 42 valence electrons. The monoisotopic (exact) mass is 108 g/mol. The molecule has 0 aromatic carbocycles. The van der Waals surface area contributed by atoms with Crippen LogP contribution in [0, 0.1) is 5.92 Å². The highest BCUT2D eigenvalue weighted by Crippen LogP contribution is 2.11. The Bertz CT molecular complexity index is 154. The molecule has 0 aromatic rings. The smallest absolute Gasteiger partial charge is 0.130 e. The highest BCUT2D eigenvalue weighted by molar-refractivity contribution is 5.62. The van der Waals surface area contributed by atoms with E-state index in [1.807, 2.05) is 25.2 Å². The summed E-state index contributed by atoms with van der Waals surface area (Å²) in [6.45, 7) is 1.99. The molecule has 0 amide bonds. The average Bonchev–Trinajstić information content (AvgIpc) is 2.14. The van der Waals surface area contributed by atoms with E-state index in [2.05, 4.69) is 0 Å². The largest absolute Gasteiger partial charge is 0.302 e. The van der Waals surface area contributed by atoms with Gasteiger partial charge in [-0.05, 0) is 6.92 Å². The van der Waals surface area contributed by atoms with E-state index in [1.165, 1.54) is 5.57 Å². The molecular weight excluding hydrogens is 100 g/mol. The SMILES string of the molecule is CC1=CC(C=O)C=C1. The second kappa shape index (κ2) is 1.95. The van der Waals surface area contributed by atoms with Crippen LogP contribution in [0.4, 0.5) is 0 Å². The first-order chi connectivity index (χ1) is 3.83. The molecule has 8 heavy (non-hydrogen) atoms. The van der Waals surface area contributed by atoms with E-state index >= 15 is 0 Å². The molecule has 1 atom stereocenters. The maximum atomic E-state index is 10.1. The summed E-state index contributed by atoms with van der Waals surface area (Å²) < 4.78 is 0. The van der Waals surface area contributed by atoms with Gasteiger partial charge in [0.05, 0.1) is 5.92 Å². The van der Waals surface area contributed by atoms with Crippen molar-refractivity contribution >= 4 is 6.29 Å². The van der Waals surface area contributed by atoms with Crippen molar-refractivity contribution in [3.05, 3.63) is 23.8 Å². The third-order valence-corrected chi connectivity index (χ3v) is 1.19. The molecule has 0 saturated heterocycles. The third kappa shape index (κ3) is 0.861. The Hall–Kier alpha value is -0.850. The van der Waals surface area contributed by atoms with Gasteiger partial charge in [0, 0.05) is 0 Å². The molecule has 1 nitrogen and oxygen atoms in total. The second-order valence-electron chi connectivity index (χ2n) is 1.98. The summed E-state index contributed by atoms with van der Waals surface area (Å²) in [7, 11) is 0. The lowest BCUT2D eigenvalue weighted by Gasteiger charge is -1.84. The molecule has 1 aliphatic rings. The van der Waals surface area contributed by atoms with Crippen LogP contribution in [-0.4, -0.2) is 6.29 Å². The van der Waals surface area contributed by atoms with E-state index in [4.69, 9.17) is 0 Å². The van der Waals surface area contributed by atoms with Crippen molar-refractivity contribution in [1.82, 2.24) is 0 Å². The minimum Gasteiger partial charge on any atom is -0.302 e. The van der Waals surface area contributed by atoms with Gasteiger partial charge in [-0.2, -0.15) is 0 Å². The van der Waals surface area contributed by atoms with Crippen LogP contribution < -0.4 is 0 Å². The van der Waals surface area contributed by atoms with E-state index < -0.39 is 0 Å². The molecule has 0 bridgehead atoms. The van der Waals surface area contributed by atoms with Crippen LogP contribution in [0.2, 0.25) is 0 Å². The Balaban J connectivity index is 2.68. The number of carbonyl (C=O) groups is 1. The molecule has 1 rings (SSSR count). The number of aldehydes is 1. The number of hydrogen-bond donors (Lipinski definition) is 0. The molecular formula is C7H8O. The van der Waals surface area contributed by atoms with Crippen molar-refractivity contribution in [3.8, 4) is 0 Å². The highest BCUT2D eigenvalue weighted by Gasteiger charge is 2.02. The fourth-order valence-corrected chi connectivity index (χ4v) is 0.762. The van der Waals surface area contributed by atoms with Crippen LogP contribution in [-0.2, 0) is 4.79 Å². The Kier molecular flexibility index (Phi) is 1.29. The lowest BCUT2D eigenvalue weighted by Crippen LogP contribution is -1.86. The zero-order chi connectivity index (χ0) is 5.98. The number of allylic oxidation sites excluding steroid dienone is 4. The normalized spacial score (nSPS) is 25.6. The minimum atomic E-state index is 0.0509. The van der Waals surface area contributed by atoms with Crippen LogP contribution in [0.25, 0.3) is 0 Å². The van der Waals surface area contributed by atoms with Gasteiger partial charge < -0.3 is 4.79 Å². The van der Waals surface area contributed by atoms with Crippen molar-refractivity contribution in [2.24, 2.45) is 5.92 Å². The molecule has 0 radical (unpaired) electrons. The van der Waals surface area contributed by atoms with E-state index in [0.29, 0.717) is 0 Å². The fraction of sp³-hybridized carbons (Fsp3) is 0.286. The Morgan fingerprint density at radius 2 is 2.50 bits per heavy atom. The molecule has 0 fully saturated rings. The van der Waals surface area contributed by atoms with Gasteiger partial charge >= 0.3 is 0 Å². The highest BCUT2D eigenvalue weighted by atomic mass is 16.1. The fourth-order valence-electron chi connectivity index (χ4n) is 0.762. The summed E-state index contributed by atoms with van der Waals surface area (Å²) >= 11 is 0. The first-order valence-electron chi connectivity index (χ1n) is 2.65. The molecule has 0 saturated carbocycles. The Morgan fingerprint density at radius 3 is 2.75 bits per heavy atom. The van der Waals surface area contributed by atoms with Gasteiger partial charge in [0.1, 0.15) is 6.29 Å². The van der Waals surface area contributed by atoms with Crippen molar-refractivity contribution in [2.75, 3.05) is 0 Å². The summed E-state index contributed by atoms with van der Waals surface area (Å²) in [5.41, 5.74) is 1.18. The van der Waals surface area contributed by atoms with Crippen LogP contribution in [0.1, 0.15) is 6.92 Å². The molecule has 0 spiro atoms. The summed E-state index contributed by atoms with van der Waals surface area (Å²) in [5.74, 6) is 0.0509. The molecule has 0 N–H and O–H groups in total. The minimum absolute atomic E-state index is 0.0509. The Morgan fingerprint density at radius 1 is 1.75 bits per heavy atom. The van der Waals surface area contributed by atoms with Gasteiger partial charge in [-0.1, -0.05) is 23.8 Å². The zero-order valence-electron chi connectivity index (χ0n) is 4.79. The van der Waals surface area contributed by atoms with E-state index in [0.717, 1.165) is 6.29 Å². The molecule has 0 aromatic heterocycles. The predicted molar refractivity (Wildman–Crippen MR) is 32.5 cm³/mol. The number of hydrogen-bond acceptors (Lipinski definition) is 1. The predicted octanol–water partition coefficient (Wildman–Crippen LogP) is 1.32. The third-order valence-electron chi connectivity index (χ3n) is 1.19. The summed E-state index contributed by atoms with van der Waals surface area (Å²) in [5, 5.41) is 0. The Labute approximate surface area is 48.7 Å². The lowest BCUT2D eigenvalue weighted by molar-refractivity contribution is -0.108.